The predicted octanol–water partition coefficient (Wildman–Crippen LogP) is 2.68. The molecule has 0 saturated carbocycles. The predicted molar refractivity (Wildman–Crippen MR) is 69.5 cm³/mol. The highest BCUT2D eigenvalue weighted by atomic mass is 16.6. The van der Waals surface area contributed by atoms with Gasteiger partial charge in [-0.15, -0.1) is 0 Å². The van der Waals surface area contributed by atoms with E-state index in [4.69, 9.17) is 18.1 Å². The fourth-order valence-electron chi connectivity index (χ4n) is 1.54. The molecule has 3 aromatic heterocycles. The standard InChI is InChI=1S/C14H10N2O5/c17-13(6-5-10-3-1-7-18-10)20-9-12-15-14(16-21-12)11-4-2-8-19-11/h1-8H,9H2/b6-5+. The van der Waals surface area contributed by atoms with Gasteiger partial charge in [-0.2, -0.15) is 4.98 Å². The van der Waals surface area contributed by atoms with Gasteiger partial charge in [0.2, 0.25) is 5.82 Å². The first kappa shape index (κ1) is 12.9. The largest absolute Gasteiger partial charge is 0.465 e. The molecule has 21 heavy (non-hydrogen) atoms. The third kappa shape index (κ3) is 3.27. The number of carbonyl (C=O) groups excluding carboxylic acids is 1. The molecular formula is C14H10N2O5. The quantitative estimate of drug-likeness (QED) is 0.526. The zero-order valence-corrected chi connectivity index (χ0v) is 10.8. The molecule has 0 unspecified atom stereocenters. The van der Waals surface area contributed by atoms with Crippen LogP contribution in [0.3, 0.4) is 0 Å². The van der Waals surface area contributed by atoms with E-state index in [1.54, 1.807) is 24.3 Å². The molecule has 7 nitrogen and oxygen atoms in total. The lowest BCUT2D eigenvalue weighted by Gasteiger charge is -1.95. The zero-order chi connectivity index (χ0) is 14.5. The van der Waals surface area contributed by atoms with Crippen LogP contribution in [0.1, 0.15) is 11.7 Å². The van der Waals surface area contributed by atoms with Gasteiger partial charge in [0.15, 0.2) is 12.4 Å². The van der Waals surface area contributed by atoms with Crippen LogP contribution in [0.5, 0.6) is 0 Å². The minimum Gasteiger partial charge on any atom is -0.465 e. The van der Waals surface area contributed by atoms with Crippen molar-refractivity contribution >= 4 is 12.0 Å². The Morgan fingerprint density at radius 3 is 2.86 bits per heavy atom. The van der Waals surface area contributed by atoms with E-state index >= 15 is 0 Å². The molecular weight excluding hydrogens is 276 g/mol. The van der Waals surface area contributed by atoms with Crippen molar-refractivity contribution in [1.82, 2.24) is 10.1 Å². The van der Waals surface area contributed by atoms with Crippen molar-refractivity contribution in [3.8, 4) is 11.6 Å². The van der Waals surface area contributed by atoms with Crippen molar-refractivity contribution in [2.24, 2.45) is 0 Å². The molecule has 106 valence electrons. The number of ether oxygens (including phenoxy) is 1. The van der Waals surface area contributed by atoms with E-state index < -0.39 is 5.97 Å². The molecule has 0 aliphatic heterocycles. The summed E-state index contributed by atoms with van der Waals surface area (Å²) in [5.41, 5.74) is 0. The summed E-state index contributed by atoms with van der Waals surface area (Å²) in [7, 11) is 0. The topological polar surface area (TPSA) is 91.5 Å². The Balaban J connectivity index is 1.54. The number of carbonyl (C=O) groups is 1. The number of nitrogens with zero attached hydrogens (tertiary/aromatic N) is 2. The summed E-state index contributed by atoms with van der Waals surface area (Å²) in [6.45, 7) is -0.116. The second-order valence-corrected chi connectivity index (χ2v) is 3.95. The smallest absolute Gasteiger partial charge is 0.331 e. The molecule has 0 aliphatic rings. The Morgan fingerprint density at radius 1 is 1.24 bits per heavy atom. The molecule has 3 rings (SSSR count). The van der Waals surface area contributed by atoms with Crippen LogP contribution in [0, 0.1) is 0 Å². The number of hydrogen-bond donors (Lipinski definition) is 0. The van der Waals surface area contributed by atoms with Crippen LogP contribution in [0.25, 0.3) is 17.7 Å². The van der Waals surface area contributed by atoms with Crippen LogP contribution in [0.15, 0.2) is 56.2 Å². The Bertz CT molecular complexity index is 725. The molecule has 3 aromatic rings. The average Bonchev–Trinajstić information content (AvgIpc) is 3.24. The molecule has 3 heterocycles. The first-order valence-corrected chi connectivity index (χ1v) is 6.06. The summed E-state index contributed by atoms with van der Waals surface area (Å²) in [5.74, 6) is 0.987. The van der Waals surface area contributed by atoms with Crippen LogP contribution >= 0.6 is 0 Å². The monoisotopic (exact) mass is 286 g/mol. The van der Waals surface area contributed by atoms with Gasteiger partial charge in [0.05, 0.1) is 12.5 Å². The van der Waals surface area contributed by atoms with E-state index in [0.29, 0.717) is 17.3 Å². The highest BCUT2D eigenvalue weighted by Crippen LogP contribution is 2.16. The van der Waals surface area contributed by atoms with Crippen LogP contribution in [0.4, 0.5) is 0 Å². The molecule has 7 heteroatoms. The summed E-state index contributed by atoms with van der Waals surface area (Å²) in [4.78, 5) is 15.5. The second-order valence-electron chi connectivity index (χ2n) is 3.95. The molecule has 0 saturated heterocycles. The Labute approximate surface area is 118 Å². The van der Waals surface area contributed by atoms with Gasteiger partial charge < -0.3 is 18.1 Å². The Hall–Kier alpha value is -3.09. The summed E-state index contributed by atoms with van der Waals surface area (Å²) in [6.07, 6.45) is 5.78. The zero-order valence-electron chi connectivity index (χ0n) is 10.8. The lowest BCUT2D eigenvalue weighted by Crippen LogP contribution is -2.00. The SMILES string of the molecule is O=C(/C=C/c1ccco1)OCc1nc(-c2ccco2)no1. The fourth-order valence-corrected chi connectivity index (χ4v) is 1.54. The van der Waals surface area contributed by atoms with Crippen molar-refractivity contribution < 1.29 is 22.9 Å². The maximum Gasteiger partial charge on any atom is 0.331 e. The maximum atomic E-state index is 11.5. The van der Waals surface area contributed by atoms with Gasteiger partial charge >= 0.3 is 5.97 Å². The number of furan rings is 2. The van der Waals surface area contributed by atoms with Crippen molar-refractivity contribution in [2.45, 2.75) is 6.61 Å². The van der Waals surface area contributed by atoms with Crippen LogP contribution in [-0.2, 0) is 16.1 Å². The first-order chi connectivity index (χ1) is 10.3. The van der Waals surface area contributed by atoms with Crippen LogP contribution in [-0.4, -0.2) is 16.1 Å². The molecule has 0 spiro atoms. The summed E-state index contributed by atoms with van der Waals surface area (Å²) in [6, 6.07) is 6.86. The van der Waals surface area contributed by atoms with Crippen LogP contribution in [0.2, 0.25) is 0 Å². The number of aromatic nitrogens is 2. The van der Waals surface area contributed by atoms with Crippen LogP contribution < -0.4 is 0 Å². The van der Waals surface area contributed by atoms with Gasteiger partial charge in [-0.1, -0.05) is 5.16 Å². The van der Waals surface area contributed by atoms with E-state index in [1.807, 2.05) is 0 Å². The highest BCUT2D eigenvalue weighted by molar-refractivity contribution is 5.86. The lowest BCUT2D eigenvalue weighted by atomic mass is 10.4. The molecule has 0 amide bonds. The average molecular weight is 286 g/mol. The fraction of sp³-hybridized carbons (Fsp3) is 0.0714. The third-order valence-corrected chi connectivity index (χ3v) is 2.47. The van der Waals surface area contributed by atoms with Gasteiger partial charge in [0.25, 0.3) is 5.89 Å². The van der Waals surface area contributed by atoms with E-state index in [0.717, 1.165) is 0 Å². The third-order valence-electron chi connectivity index (χ3n) is 2.47. The number of rotatable bonds is 5. The van der Waals surface area contributed by atoms with Gasteiger partial charge in [0, 0.05) is 6.08 Å². The minimum atomic E-state index is -0.538. The Morgan fingerprint density at radius 2 is 2.10 bits per heavy atom. The van der Waals surface area contributed by atoms with E-state index in [2.05, 4.69) is 10.1 Å². The summed E-state index contributed by atoms with van der Waals surface area (Å²) in [5, 5.41) is 3.72. The molecule has 0 radical (unpaired) electrons. The summed E-state index contributed by atoms with van der Waals surface area (Å²) >= 11 is 0. The van der Waals surface area contributed by atoms with Gasteiger partial charge in [-0.3, -0.25) is 0 Å². The van der Waals surface area contributed by atoms with Crippen molar-refractivity contribution in [2.75, 3.05) is 0 Å². The Kier molecular flexibility index (Phi) is 3.64. The molecule has 0 aliphatic carbocycles. The van der Waals surface area contributed by atoms with Crippen molar-refractivity contribution in [3.05, 3.63) is 54.5 Å². The molecule has 0 N–H and O–H groups in total. The molecule has 0 bridgehead atoms. The van der Waals surface area contributed by atoms with Gasteiger partial charge in [-0.05, 0) is 30.3 Å². The lowest BCUT2D eigenvalue weighted by molar-refractivity contribution is -0.139. The number of esters is 1. The number of hydrogen-bond acceptors (Lipinski definition) is 7. The van der Waals surface area contributed by atoms with E-state index in [1.165, 1.54) is 24.7 Å². The van der Waals surface area contributed by atoms with E-state index in [-0.39, 0.29) is 12.5 Å². The molecule has 0 atom stereocenters. The normalized spacial score (nSPS) is 11.0. The van der Waals surface area contributed by atoms with E-state index in [9.17, 15) is 4.79 Å². The highest BCUT2D eigenvalue weighted by Gasteiger charge is 2.11. The molecule has 0 aromatic carbocycles. The molecule has 0 fully saturated rings. The van der Waals surface area contributed by atoms with Crippen molar-refractivity contribution in [1.29, 1.82) is 0 Å². The minimum absolute atomic E-state index is 0.116. The maximum absolute atomic E-state index is 11.5. The first-order valence-electron chi connectivity index (χ1n) is 6.06. The van der Waals surface area contributed by atoms with Gasteiger partial charge in [-0.25, -0.2) is 4.79 Å². The van der Waals surface area contributed by atoms with Gasteiger partial charge in [0.1, 0.15) is 5.76 Å². The van der Waals surface area contributed by atoms with Crippen molar-refractivity contribution in [3.63, 3.8) is 0 Å². The summed E-state index contributed by atoms with van der Waals surface area (Å²) < 4.78 is 20.1. The second kappa shape index (κ2) is 5.91.